The van der Waals surface area contributed by atoms with Crippen molar-refractivity contribution in [2.24, 2.45) is 11.3 Å². The Morgan fingerprint density at radius 2 is 2.06 bits per heavy atom. The predicted molar refractivity (Wildman–Crippen MR) is 71.1 cm³/mol. The third-order valence-electron chi connectivity index (χ3n) is 3.64. The van der Waals surface area contributed by atoms with E-state index in [0.717, 1.165) is 19.3 Å². The predicted octanol–water partition coefficient (Wildman–Crippen LogP) is 4.83. The molecule has 1 aliphatic rings. The van der Waals surface area contributed by atoms with Gasteiger partial charge in [0.25, 0.3) is 0 Å². The van der Waals surface area contributed by atoms with Gasteiger partial charge in [-0.15, -0.1) is 0 Å². The molecule has 1 heterocycles. The lowest BCUT2D eigenvalue weighted by molar-refractivity contribution is 0.0727. The zero-order valence-corrected chi connectivity index (χ0v) is 12.0. The van der Waals surface area contributed by atoms with Gasteiger partial charge in [-0.05, 0) is 53.2 Å². The molecule has 17 heavy (non-hydrogen) atoms. The van der Waals surface area contributed by atoms with Crippen LogP contribution in [0.1, 0.15) is 56.5 Å². The molecule has 2 rings (SSSR count). The molecule has 1 fully saturated rings. The molecule has 94 valence electrons. The summed E-state index contributed by atoms with van der Waals surface area (Å²) in [6, 6.07) is 3.58. The van der Waals surface area contributed by atoms with Crippen molar-refractivity contribution in [1.82, 2.24) is 0 Å². The van der Waals surface area contributed by atoms with Gasteiger partial charge < -0.3 is 4.42 Å². The smallest absolute Gasteiger partial charge is 0.204 e. The number of ketones is 1. The summed E-state index contributed by atoms with van der Waals surface area (Å²) in [4.78, 5) is 12.6. The Balaban J connectivity index is 2.24. The van der Waals surface area contributed by atoms with E-state index in [4.69, 9.17) is 4.42 Å². The third-order valence-corrected chi connectivity index (χ3v) is 4.06. The first-order valence-corrected chi connectivity index (χ1v) is 7.13. The van der Waals surface area contributed by atoms with Gasteiger partial charge >= 0.3 is 0 Å². The molecule has 0 bridgehead atoms. The maximum absolute atomic E-state index is 12.6. The highest BCUT2D eigenvalue weighted by Gasteiger charge is 2.42. The molecule has 0 atom stereocenters. The number of Topliss-reactive ketones (excluding diaryl/α,β-unsaturated/α-hetero) is 1. The summed E-state index contributed by atoms with van der Waals surface area (Å²) in [5.74, 6) is 1.27. The van der Waals surface area contributed by atoms with E-state index in [0.29, 0.717) is 16.3 Å². The molecule has 0 saturated heterocycles. The van der Waals surface area contributed by atoms with E-state index in [1.807, 2.05) is 0 Å². The fourth-order valence-electron chi connectivity index (χ4n) is 3.05. The number of hydrogen-bond donors (Lipinski definition) is 0. The minimum absolute atomic E-state index is 0.161. The molecular formula is C14H19BrO2. The first kappa shape index (κ1) is 12.9. The average molecular weight is 299 g/mol. The van der Waals surface area contributed by atoms with E-state index in [-0.39, 0.29) is 11.2 Å². The molecule has 0 spiro atoms. The van der Waals surface area contributed by atoms with Crippen molar-refractivity contribution in [3.8, 4) is 0 Å². The van der Waals surface area contributed by atoms with Crippen molar-refractivity contribution < 1.29 is 9.21 Å². The molecule has 0 radical (unpaired) electrons. The fourth-order valence-corrected chi connectivity index (χ4v) is 3.36. The molecule has 1 aliphatic carbocycles. The van der Waals surface area contributed by atoms with Gasteiger partial charge in [-0.25, -0.2) is 0 Å². The van der Waals surface area contributed by atoms with Crippen LogP contribution in [0.5, 0.6) is 0 Å². The number of carbonyl (C=O) groups is 1. The number of furan rings is 1. The van der Waals surface area contributed by atoms with Crippen LogP contribution in [-0.2, 0) is 0 Å². The highest BCUT2D eigenvalue weighted by molar-refractivity contribution is 9.10. The van der Waals surface area contributed by atoms with Gasteiger partial charge in [-0.3, -0.25) is 4.79 Å². The Bertz CT molecular complexity index is 400. The highest BCUT2D eigenvalue weighted by Crippen LogP contribution is 2.45. The van der Waals surface area contributed by atoms with Crippen LogP contribution < -0.4 is 0 Å². The van der Waals surface area contributed by atoms with E-state index in [2.05, 4.69) is 29.8 Å². The zero-order valence-electron chi connectivity index (χ0n) is 10.5. The second-order valence-corrected chi connectivity index (χ2v) is 6.30. The van der Waals surface area contributed by atoms with Crippen LogP contribution in [0.2, 0.25) is 0 Å². The summed E-state index contributed by atoms with van der Waals surface area (Å²) in [6.07, 6.45) is 5.34. The van der Waals surface area contributed by atoms with Crippen molar-refractivity contribution in [2.45, 2.75) is 46.0 Å². The molecule has 2 nitrogen and oxygen atoms in total. The normalized spacial score (nSPS) is 18.8. The second kappa shape index (κ2) is 4.97. The Morgan fingerprint density at radius 3 is 2.53 bits per heavy atom. The van der Waals surface area contributed by atoms with Crippen molar-refractivity contribution >= 4 is 21.7 Å². The maximum Gasteiger partial charge on any atom is 0.204 e. The van der Waals surface area contributed by atoms with E-state index in [9.17, 15) is 4.79 Å². The Kier molecular flexibility index (Phi) is 3.76. The quantitative estimate of drug-likeness (QED) is 0.745. The summed E-state index contributed by atoms with van der Waals surface area (Å²) < 4.78 is 6.07. The molecular weight excluding hydrogens is 280 g/mol. The van der Waals surface area contributed by atoms with Crippen molar-refractivity contribution in [3.63, 3.8) is 0 Å². The summed E-state index contributed by atoms with van der Waals surface area (Å²) in [7, 11) is 0. The molecule has 1 aromatic rings. The van der Waals surface area contributed by atoms with Crippen LogP contribution in [-0.4, -0.2) is 5.78 Å². The summed E-state index contributed by atoms with van der Waals surface area (Å²) in [5, 5.41) is 0. The van der Waals surface area contributed by atoms with Crippen molar-refractivity contribution in [1.29, 1.82) is 0 Å². The van der Waals surface area contributed by atoms with Crippen molar-refractivity contribution in [2.75, 3.05) is 0 Å². The largest absolute Gasteiger partial charge is 0.446 e. The third kappa shape index (κ3) is 2.65. The summed E-state index contributed by atoms with van der Waals surface area (Å²) in [5.41, 5.74) is -0.161. The fraction of sp³-hybridized carbons (Fsp3) is 0.643. The number of hydrogen-bond acceptors (Lipinski definition) is 2. The molecule has 1 saturated carbocycles. The SMILES string of the molecule is CC(C)CC1(C(=O)c2ccc(Br)o2)CCCC1. The van der Waals surface area contributed by atoms with Crippen LogP contribution in [0.3, 0.4) is 0 Å². The molecule has 1 aromatic heterocycles. The number of rotatable bonds is 4. The van der Waals surface area contributed by atoms with Gasteiger partial charge in [0.1, 0.15) is 0 Å². The van der Waals surface area contributed by atoms with Crippen LogP contribution in [0, 0.1) is 11.3 Å². The van der Waals surface area contributed by atoms with Gasteiger partial charge in [-0.2, -0.15) is 0 Å². The second-order valence-electron chi connectivity index (χ2n) is 5.52. The van der Waals surface area contributed by atoms with Crippen molar-refractivity contribution in [3.05, 3.63) is 22.6 Å². The minimum atomic E-state index is -0.161. The minimum Gasteiger partial charge on any atom is -0.446 e. The number of carbonyl (C=O) groups excluding carboxylic acids is 1. The topological polar surface area (TPSA) is 30.2 Å². The lowest BCUT2D eigenvalue weighted by Gasteiger charge is -2.28. The van der Waals surface area contributed by atoms with Gasteiger partial charge in [0.05, 0.1) is 0 Å². The van der Waals surface area contributed by atoms with Crippen LogP contribution in [0.25, 0.3) is 0 Å². The summed E-state index contributed by atoms with van der Waals surface area (Å²) >= 11 is 3.26. The maximum atomic E-state index is 12.6. The molecule has 3 heteroatoms. The van der Waals surface area contributed by atoms with Gasteiger partial charge in [0, 0.05) is 5.41 Å². The lowest BCUT2D eigenvalue weighted by atomic mass is 9.74. The van der Waals surface area contributed by atoms with E-state index < -0.39 is 0 Å². The molecule has 0 aromatic carbocycles. The summed E-state index contributed by atoms with van der Waals surface area (Å²) in [6.45, 7) is 4.37. The standard InChI is InChI=1S/C14H19BrO2/c1-10(2)9-14(7-3-4-8-14)13(16)11-5-6-12(15)17-11/h5-6,10H,3-4,7-9H2,1-2H3. The lowest BCUT2D eigenvalue weighted by Crippen LogP contribution is -2.29. The first-order chi connectivity index (χ1) is 8.03. The Morgan fingerprint density at radius 1 is 1.41 bits per heavy atom. The van der Waals surface area contributed by atoms with Gasteiger partial charge in [0.15, 0.2) is 10.4 Å². The zero-order chi connectivity index (χ0) is 12.5. The average Bonchev–Trinajstić information content (AvgIpc) is 2.86. The van der Waals surface area contributed by atoms with Gasteiger partial charge in [0.2, 0.25) is 5.78 Å². The Labute approximate surface area is 111 Å². The van der Waals surface area contributed by atoms with Gasteiger partial charge in [-0.1, -0.05) is 26.7 Å². The molecule has 0 aliphatic heterocycles. The van der Waals surface area contributed by atoms with E-state index >= 15 is 0 Å². The molecule has 0 amide bonds. The molecule has 0 unspecified atom stereocenters. The number of halogens is 1. The first-order valence-electron chi connectivity index (χ1n) is 6.34. The van der Waals surface area contributed by atoms with E-state index in [1.54, 1.807) is 12.1 Å². The molecule has 0 N–H and O–H groups in total. The Hall–Kier alpha value is -0.570. The highest BCUT2D eigenvalue weighted by atomic mass is 79.9. The van der Waals surface area contributed by atoms with Crippen LogP contribution in [0.15, 0.2) is 21.2 Å². The monoisotopic (exact) mass is 298 g/mol. The van der Waals surface area contributed by atoms with Crippen LogP contribution >= 0.6 is 15.9 Å². The van der Waals surface area contributed by atoms with E-state index in [1.165, 1.54) is 12.8 Å². The van der Waals surface area contributed by atoms with Crippen LogP contribution in [0.4, 0.5) is 0 Å².